The van der Waals surface area contributed by atoms with Gasteiger partial charge in [0.15, 0.2) is 0 Å². The van der Waals surface area contributed by atoms with Crippen molar-refractivity contribution in [2.75, 3.05) is 7.11 Å². The Hall–Kier alpha value is -2.24. The number of carbonyl (C=O) groups excluding carboxylic acids is 2. The van der Waals surface area contributed by atoms with E-state index in [0.717, 1.165) is 36.8 Å². The number of nitrogens with zero attached hydrogens (tertiary/aromatic N) is 1. The third kappa shape index (κ3) is 6.63. The molecule has 0 aliphatic heterocycles. The third-order valence-electron chi connectivity index (χ3n) is 5.95. The van der Waals surface area contributed by atoms with Gasteiger partial charge in [0, 0.05) is 12.6 Å². The molecule has 0 heterocycles. The fourth-order valence-corrected chi connectivity index (χ4v) is 4.37. The van der Waals surface area contributed by atoms with Crippen LogP contribution in [0.5, 0.6) is 5.75 Å². The first-order chi connectivity index (χ1) is 15.4. The lowest BCUT2D eigenvalue weighted by Crippen LogP contribution is -2.50. The number of rotatable bonds is 8. The van der Waals surface area contributed by atoms with E-state index >= 15 is 0 Å². The van der Waals surface area contributed by atoms with Crippen molar-refractivity contribution in [2.24, 2.45) is 0 Å². The Balaban J connectivity index is 1.79. The summed E-state index contributed by atoms with van der Waals surface area (Å²) in [4.78, 5) is 28.0. The normalized spacial score (nSPS) is 15.1. The molecule has 1 saturated carbocycles. The molecule has 2 aromatic rings. The highest BCUT2D eigenvalue weighted by molar-refractivity contribution is 6.42. The van der Waals surface area contributed by atoms with E-state index in [1.807, 2.05) is 24.3 Å². The predicted molar refractivity (Wildman–Crippen MR) is 128 cm³/mol. The maximum Gasteiger partial charge on any atom is 0.242 e. The van der Waals surface area contributed by atoms with Crippen LogP contribution in [-0.2, 0) is 22.6 Å². The van der Waals surface area contributed by atoms with Gasteiger partial charge < -0.3 is 15.0 Å². The Morgan fingerprint density at radius 3 is 2.50 bits per heavy atom. The molecule has 32 heavy (non-hydrogen) atoms. The molecule has 2 amide bonds. The minimum absolute atomic E-state index is 0.123. The van der Waals surface area contributed by atoms with E-state index in [9.17, 15) is 9.59 Å². The molecule has 1 N–H and O–H groups in total. The largest absolute Gasteiger partial charge is 0.497 e. The third-order valence-corrected chi connectivity index (χ3v) is 6.68. The maximum atomic E-state index is 13.3. The lowest BCUT2D eigenvalue weighted by molar-refractivity contribution is -0.140. The van der Waals surface area contributed by atoms with Gasteiger partial charge in [-0.05, 0) is 55.2 Å². The van der Waals surface area contributed by atoms with E-state index in [1.165, 1.54) is 6.42 Å². The van der Waals surface area contributed by atoms with E-state index < -0.39 is 6.04 Å². The zero-order valence-electron chi connectivity index (χ0n) is 18.6. The van der Waals surface area contributed by atoms with Crippen LogP contribution in [0.3, 0.4) is 0 Å². The molecule has 0 unspecified atom stereocenters. The summed E-state index contributed by atoms with van der Waals surface area (Å²) in [5, 5.41) is 3.99. The second-order valence-corrected chi connectivity index (χ2v) is 9.13. The number of benzene rings is 2. The topological polar surface area (TPSA) is 58.6 Å². The number of nitrogens with one attached hydrogen (secondary N) is 1. The summed E-state index contributed by atoms with van der Waals surface area (Å²) in [5.74, 6) is 0.429. The molecule has 0 bridgehead atoms. The highest BCUT2D eigenvalue weighted by Crippen LogP contribution is 2.24. The van der Waals surface area contributed by atoms with Gasteiger partial charge >= 0.3 is 0 Å². The van der Waals surface area contributed by atoms with Gasteiger partial charge in [-0.15, -0.1) is 0 Å². The Labute approximate surface area is 200 Å². The molecule has 1 fully saturated rings. The van der Waals surface area contributed by atoms with Crippen molar-refractivity contribution >= 4 is 35.0 Å². The summed E-state index contributed by atoms with van der Waals surface area (Å²) in [7, 11) is 1.60. The second-order valence-electron chi connectivity index (χ2n) is 8.32. The van der Waals surface area contributed by atoms with Crippen molar-refractivity contribution in [1.82, 2.24) is 10.2 Å². The Morgan fingerprint density at radius 2 is 1.81 bits per heavy atom. The predicted octanol–water partition coefficient (Wildman–Crippen LogP) is 5.41. The first-order valence-electron chi connectivity index (χ1n) is 11.0. The average molecular weight is 477 g/mol. The monoisotopic (exact) mass is 476 g/mol. The van der Waals surface area contributed by atoms with Crippen molar-refractivity contribution in [2.45, 2.75) is 64.1 Å². The molecular weight excluding hydrogens is 447 g/mol. The van der Waals surface area contributed by atoms with Crippen LogP contribution in [0, 0.1) is 0 Å². The van der Waals surface area contributed by atoms with Crippen LogP contribution in [-0.4, -0.2) is 35.9 Å². The molecule has 0 radical (unpaired) electrons. The van der Waals surface area contributed by atoms with E-state index in [2.05, 4.69) is 5.32 Å². The summed E-state index contributed by atoms with van der Waals surface area (Å²) in [6, 6.07) is 12.3. The fraction of sp³-hybridized carbons (Fsp3) is 0.440. The summed E-state index contributed by atoms with van der Waals surface area (Å²) in [6.45, 7) is 2.09. The van der Waals surface area contributed by atoms with Crippen LogP contribution >= 0.6 is 23.2 Å². The summed E-state index contributed by atoms with van der Waals surface area (Å²) in [5.41, 5.74) is 1.64. The fourth-order valence-electron chi connectivity index (χ4n) is 4.04. The van der Waals surface area contributed by atoms with E-state index in [1.54, 1.807) is 37.1 Å². The first kappa shape index (κ1) is 24.4. The number of hydrogen-bond acceptors (Lipinski definition) is 3. The Kier molecular flexibility index (Phi) is 8.83. The number of amides is 2. The van der Waals surface area contributed by atoms with E-state index in [0.29, 0.717) is 22.3 Å². The molecule has 0 spiro atoms. The molecule has 172 valence electrons. The first-order valence-corrected chi connectivity index (χ1v) is 11.8. The van der Waals surface area contributed by atoms with Crippen molar-refractivity contribution in [3.63, 3.8) is 0 Å². The second kappa shape index (κ2) is 11.6. The van der Waals surface area contributed by atoms with Crippen LogP contribution in [0.1, 0.15) is 50.2 Å². The maximum absolute atomic E-state index is 13.3. The number of halogens is 2. The number of ether oxygens (including phenoxy) is 1. The van der Waals surface area contributed by atoms with Crippen LogP contribution < -0.4 is 10.1 Å². The Morgan fingerprint density at radius 1 is 1.06 bits per heavy atom. The molecule has 0 saturated heterocycles. The molecule has 5 nitrogen and oxygen atoms in total. The lowest BCUT2D eigenvalue weighted by atomic mass is 9.95. The summed E-state index contributed by atoms with van der Waals surface area (Å²) in [6.07, 6.45) is 5.58. The summed E-state index contributed by atoms with van der Waals surface area (Å²) < 4.78 is 5.32. The van der Waals surface area contributed by atoms with Gasteiger partial charge in [-0.2, -0.15) is 0 Å². The average Bonchev–Trinajstić information content (AvgIpc) is 2.80. The van der Waals surface area contributed by atoms with E-state index in [4.69, 9.17) is 27.9 Å². The smallest absolute Gasteiger partial charge is 0.242 e. The van der Waals surface area contributed by atoms with Crippen LogP contribution in [0.25, 0.3) is 0 Å². The quantitative estimate of drug-likeness (QED) is 0.553. The van der Waals surface area contributed by atoms with Crippen molar-refractivity contribution < 1.29 is 14.3 Å². The summed E-state index contributed by atoms with van der Waals surface area (Å²) >= 11 is 12.1. The number of hydrogen-bond donors (Lipinski definition) is 1. The van der Waals surface area contributed by atoms with E-state index in [-0.39, 0.29) is 24.3 Å². The van der Waals surface area contributed by atoms with Crippen LogP contribution in [0.15, 0.2) is 42.5 Å². The zero-order chi connectivity index (χ0) is 23.1. The van der Waals surface area contributed by atoms with Gasteiger partial charge in [0.25, 0.3) is 0 Å². The van der Waals surface area contributed by atoms with Gasteiger partial charge in [0.05, 0.1) is 23.6 Å². The number of methoxy groups -OCH3 is 1. The van der Waals surface area contributed by atoms with Crippen molar-refractivity contribution in [3.05, 3.63) is 63.6 Å². The van der Waals surface area contributed by atoms with Crippen LogP contribution in [0.4, 0.5) is 0 Å². The van der Waals surface area contributed by atoms with Gasteiger partial charge in [-0.25, -0.2) is 0 Å². The molecular formula is C25H30Cl2N2O3. The molecule has 3 rings (SSSR count). The standard InChI is InChI=1S/C25H30Cl2N2O3/c1-17(25(31)28-20-8-4-3-5-9-20)29(16-19-7-6-10-21(13-19)32-2)24(30)15-18-11-12-22(26)23(27)14-18/h6-7,10-14,17,20H,3-5,8-9,15-16H2,1-2H3,(H,28,31)/t17-/m1/s1. The number of carbonyl (C=O) groups is 2. The Bertz CT molecular complexity index is 945. The lowest BCUT2D eigenvalue weighted by Gasteiger charge is -2.31. The SMILES string of the molecule is COc1cccc(CN(C(=O)Cc2ccc(Cl)c(Cl)c2)[C@H](C)C(=O)NC2CCCCC2)c1. The van der Waals surface area contributed by atoms with Gasteiger partial charge in [-0.3, -0.25) is 9.59 Å². The molecule has 2 aromatic carbocycles. The van der Waals surface area contributed by atoms with Gasteiger partial charge in [0.1, 0.15) is 11.8 Å². The van der Waals surface area contributed by atoms with Crippen molar-refractivity contribution in [1.29, 1.82) is 0 Å². The molecule has 0 aromatic heterocycles. The minimum Gasteiger partial charge on any atom is -0.497 e. The van der Waals surface area contributed by atoms with Crippen molar-refractivity contribution in [3.8, 4) is 5.75 Å². The zero-order valence-corrected chi connectivity index (χ0v) is 20.1. The molecule has 1 aliphatic carbocycles. The highest BCUT2D eigenvalue weighted by atomic mass is 35.5. The highest BCUT2D eigenvalue weighted by Gasteiger charge is 2.28. The molecule has 1 atom stereocenters. The van der Waals surface area contributed by atoms with Gasteiger partial charge in [0.2, 0.25) is 11.8 Å². The minimum atomic E-state index is -0.613. The molecule has 7 heteroatoms. The van der Waals surface area contributed by atoms with Crippen LogP contribution in [0.2, 0.25) is 10.0 Å². The van der Waals surface area contributed by atoms with Gasteiger partial charge in [-0.1, -0.05) is 60.7 Å². The molecule has 1 aliphatic rings.